The van der Waals surface area contributed by atoms with Crippen molar-refractivity contribution in [2.75, 3.05) is 13.7 Å². The zero-order chi connectivity index (χ0) is 13.4. The normalized spacial score (nSPS) is 11.1. The van der Waals surface area contributed by atoms with Gasteiger partial charge < -0.3 is 9.47 Å². The fraction of sp³-hybridized carbons (Fsp3) is 0.231. The quantitative estimate of drug-likeness (QED) is 0.695. The summed E-state index contributed by atoms with van der Waals surface area (Å²) in [6.07, 6.45) is 0. The van der Waals surface area contributed by atoms with Crippen molar-refractivity contribution in [1.82, 2.24) is 4.98 Å². The Balaban J connectivity index is 2.10. The number of thiazole rings is 1. The number of hydrogen-bond donors (Lipinski definition) is 0. The van der Waals surface area contributed by atoms with Gasteiger partial charge in [-0.3, -0.25) is 0 Å². The number of hydrogen-bond acceptors (Lipinski definition) is 6. The number of fused-ring (bicyclic) bond motifs is 3. The zero-order valence-corrected chi connectivity index (χ0v) is 12.1. The lowest BCUT2D eigenvalue weighted by atomic mass is 10.2. The highest BCUT2D eigenvalue weighted by Crippen LogP contribution is 2.38. The number of methoxy groups -OCH3 is 1. The molecule has 2 aromatic heterocycles. The molecule has 0 spiro atoms. The predicted octanol–water partition coefficient (Wildman–Crippen LogP) is 3.37. The highest BCUT2D eigenvalue weighted by atomic mass is 32.1. The molecule has 98 valence electrons. The van der Waals surface area contributed by atoms with Gasteiger partial charge in [0.05, 0.1) is 27.0 Å². The van der Waals surface area contributed by atoms with Gasteiger partial charge in [-0.1, -0.05) is 0 Å². The number of benzene rings is 1. The Bertz CT molecular complexity index is 760. The number of aromatic nitrogens is 1. The third-order valence-electron chi connectivity index (χ3n) is 2.74. The smallest absolute Gasteiger partial charge is 0.343 e. The Labute approximate surface area is 117 Å². The Morgan fingerprint density at radius 1 is 1.47 bits per heavy atom. The predicted molar refractivity (Wildman–Crippen MR) is 77.3 cm³/mol. The van der Waals surface area contributed by atoms with E-state index in [0.29, 0.717) is 5.75 Å². The van der Waals surface area contributed by atoms with E-state index in [9.17, 15) is 4.79 Å². The van der Waals surface area contributed by atoms with Crippen LogP contribution in [0.15, 0.2) is 17.5 Å². The largest absolute Gasteiger partial charge is 0.481 e. The molecule has 0 amide bonds. The molecule has 0 saturated heterocycles. The second-order valence-electron chi connectivity index (χ2n) is 3.98. The number of aryl methyl sites for hydroxylation is 1. The van der Waals surface area contributed by atoms with E-state index in [2.05, 4.69) is 9.72 Å². The zero-order valence-electron chi connectivity index (χ0n) is 10.4. The molecule has 6 heteroatoms. The molecule has 0 bridgehead atoms. The van der Waals surface area contributed by atoms with Gasteiger partial charge in [0.2, 0.25) is 0 Å². The summed E-state index contributed by atoms with van der Waals surface area (Å²) >= 11 is 3.26. The van der Waals surface area contributed by atoms with Gasteiger partial charge in [-0.2, -0.15) is 0 Å². The molecule has 0 fully saturated rings. The SMILES string of the molecule is COC(=O)COc1cc2sc(C)nc2c2sccc12. The Hall–Kier alpha value is -1.66. The van der Waals surface area contributed by atoms with Crippen LogP contribution < -0.4 is 4.74 Å². The Morgan fingerprint density at radius 3 is 3.11 bits per heavy atom. The lowest BCUT2D eigenvalue weighted by Gasteiger charge is -2.06. The van der Waals surface area contributed by atoms with E-state index < -0.39 is 0 Å². The highest BCUT2D eigenvalue weighted by Gasteiger charge is 2.13. The van der Waals surface area contributed by atoms with Crippen molar-refractivity contribution in [2.24, 2.45) is 0 Å². The van der Waals surface area contributed by atoms with Crippen LogP contribution in [-0.4, -0.2) is 24.7 Å². The molecular formula is C13H11NO3S2. The first-order valence-electron chi connectivity index (χ1n) is 5.66. The molecule has 0 aliphatic carbocycles. The third kappa shape index (κ3) is 2.17. The minimum absolute atomic E-state index is 0.0786. The number of esters is 1. The summed E-state index contributed by atoms with van der Waals surface area (Å²) < 4.78 is 12.3. The summed E-state index contributed by atoms with van der Waals surface area (Å²) in [4.78, 5) is 15.7. The fourth-order valence-electron chi connectivity index (χ4n) is 1.90. The fourth-order valence-corrected chi connectivity index (χ4v) is 3.74. The maximum atomic E-state index is 11.2. The molecule has 0 aliphatic rings. The molecule has 2 heterocycles. The van der Waals surface area contributed by atoms with E-state index in [0.717, 1.165) is 25.3 Å². The van der Waals surface area contributed by atoms with Crippen LogP contribution in [0, 0.1) is 6.92 Å². The maximum Gasteiger partial charge on any atom is 0.343 e. The molecule has 3 aromatic rings. The Morgan fingerprint density at radius 2 is 2.32 bits per heavy atom. The number of ether oxygens (including phenoxy) is 2. The highest BCUT2D eigenvalue weighted by molar-refractivity contribution is 7.21. The van der Waals surface area contributed by atoms with Gasteiger partial charge in [-0.05, 0) is 18.4 Å². The van der Waals surface area contributed by atoms with Crippen LogP contribution in [0.1, 0.15) is 5.01 Å². The first-order chi connectivity index (χ1) is 9.19. The van der Waals surface area contributed by atoms with Gasteiger partial charge in [0.25, 0.3) is 0 Å². The van der Waals surface area contributed by atoms with Crippen molar-refractivity contribution in [2.45, 2.75) is 6.92 Å². The number of thiophene rings is 1. The average molecular weight is 293 g/mol. The second kappa shape index (κ2) is 4.79. The summed E-state index contributed by atoms with van der Waals surface area (Å²) in [5.41, 5.74) is 1.01. The molecule has 0 unspecified atom stereocenters. The second-order valence-corrected chi connectivity index (χ2v) is 6.13. The van der Waals surface area contributed by atoms with Crippen molar-refractivity contribution in [3.8, 4) is 5.75 Å². The van der Waals surface area contributed by atoms with E-state index in [1.54, 1.807) is 22.7 Å². The lowest BCUT2D eigenvalue weighted by molar-refractivity contribution is -0.142. The number of nitrogens with zero attached hydrogens (tertiary/aromatic N) is 1. The van der Waals surface area contributed by atoms with Crippen molar-refractivity contribution < 1.29 is 14.3 Å². The van der Waals surface area contributed by atoms with E-state index in [-0.39, 0.29) is 12.6 Å². The standard InChI is InChI=1S/C13H11NO3S2/c1-7-14-12-10(19-7)5-9(17-6-11(15)16-2)8-3-4-18-13(8)12/h3-5H,6H2,1-2H3. The van der Waals surface area contributed by atoms with Crippen molar-refractivity contribution in [1.29, 1.82) is 0 Å². The molecule has 1 aromatic carbocycles. The summed E-state index contributed by atoms with van der Waals surface area (Å²) in [6.45, 7) is 1.91. The molecule has 0 radical (unpaired) electrons. The van der Waals surface area contributed by atoms with Crippen LogP contribution in [-0.2, 0) is 9.53 Å². The Kier molecular flexibility index (Phi) is 3.12. The first-order valence-corrected chi connectivity index (χ1v) is 7.35. The van der Waals surface area contributed by atoms with Gasteiger partial charge in [-0.15, -0.1) is 22.7 Å². The van der Waals surface area contributed by atoms with Crippen LogP contribution in [0.3, 0.4) is 0 Å². The van der Waals surface area contributed by atoms with E-state index >= 15 is 0 Å². The molecule has 0 N–H and O–H groups in total. The van der Waals surface area contributed by atoms with E-state index in [1.165, 1.54) is 7.11 Å². The van der Waals surface area contributed by atoms with Crippen LogP contribution in [0.2, 0.25) is 0 Å². The first kappa shape index (κ1) is 12.4. The molecule has 19 heavy (non-hydrogen) atoms. The van der Waals surface area contributed by atoms with Gasteiger partial charge in [0.15, 0.2) is 6.61 Å². The lowest BCUT2D eigenvalue weighted by Crippen LogP contribution is -2.12. The van der Waals surface area contributed by atoms with Gasteiger partial charge >= 0.3 is 5.97 Å². The summed E-state index contributed by atoms with van der Waals surface area (Å²) in [5.74, 6) is 0.321. The topological polar surface area (TPSA) is 48.4 Å². The van der Waals surface area contributed by atoms with Gasteiger partial charge in [0, 0.05) is 11.5 Å². The summed E-state index contributed by atoms with van der Waals surface area (Å²) in [5, 5.41) is 4.02. The van der Waals surface area contributed by atoms with E-state index in [1.807, 2.05) is 24.4 Å². The van der Waals surface area contributed by atoms with Crippen molar-refractivity contribution in [3.05, 3.63) is 22.5 Å². The van der Waals surface area contributed by atoms with Crippen LogP contribution in [0.5, 0.6) is 5.75 Å². The van der Waals surface area contributed by atoms with Crippen molar-refractivity contribution in [3.63, 3.8) is 0 Å². The third-order valence-corrected chi connectivity index (χ3v) is 4.58. The van der Waals surface area contributed by atoms with Crippen LogP contribution >= 0.6 is 22.7 Å². The van der Waals surface area contributed by atoms with E-state index in [4.69, 9.17) is 4.74 Å². The van der Waals surface area contributed by atoms with Crippen LogP contribution in [0.4, 0.5) is 0 Å². The van der Waals surface area contributed by atoms with Gasteiger partial charge in [0.1, 0.15) is 5.75 Å². The van der Waals surface area contributed by atoms with Crippen LogP contribution in [0.25, 0.3) is 20.3 Å². The molecule has 0 saturated carbocycles. The summed E-state index contributed by atoms with van der Waals surface area (Å²) in [7, 11) is 1.35. The minimum atomic E-state index is -0.385. The van der Waals surface area contributed by atoms with Gasteiger partial charge in [-0.25, -0.2) is 9.78 Å². The molecular weight excluding hydrogens is 282 g/mol. The molecule has 3 rings (SSSR count). The molecule has 4 nitrogen and oxygen atoms in total. The number of rotatable bonds is 3. The number of carbonyl (C=O) groups excluding carboxylic acids is 1. The molecule has 0 atom stereocenters. The summed E-state index contributed by atoms with van der Waals surface area (Å²) in [6, 6.07) is 3.93. The average Bonchev–Trinajstić information content (AvgIpc) is 3.00. The minimum Gasteiger partial charge on any atom is -0.481 e. The monoisotopic (exact) mass is 293 g/mol. The number of carbonyl (C=O) groups is 1. The maximum absolute atomic E-state index is 11.2. The molecule has 0 aliphatic heterocycles. The van der Waals surface area contributed by atoms with Crippen molar-refractivity contribution >= 4 is 48.9 Å².